The number of piperidine rings is 1. The van der Waals surface area contributed by atoms with Crippen molar-refractivity contribution in [3.63, 3.8) is 0 Å². The topological polar surface area (TPSA) is 57.6 Å². The second kappa shape index (κ2) is 5.52. The quantitative estimate of drug-likeness (QED) is 0.820. The minimum Gasteiger partial charge on any atom is -0.481 e. The number of carbonyl (C=O) groups excluding carboxylic acids is 1. The van der Waals surface area contributed by atoms with Gasteiger partial charge < -0.3 is 10.0 Å². The molecule has 0 aromatic carbocycles. The molecule has 0 spiro atoms. The molecule has 2 unspecified atom stereocenters. The van der Waals surface area contributed by atoms with E-state index in [0.29, 0.717) is 25.9 Å². The number of carboxylic acids is 1. The van der Waals surface area contributed by atoms with E-state index in [1.54, 1.807) is 4.90 Å². The highest BCUT2D eigenvalue weighted by molar-refractivity contribution is 5.81. The van der Waals surface area contributed by atoms with Crippen LogP contribution < -0.4 is 0 Å². The van der Waals surface area contributed by atoms with Crippen LogP contribution in [0, 0.1) is 11.3 Å². The van der Waals surface area contributed by atoms with Gasteiger partial charge in [0.05, 0.1) is 5.41 Å². The first-order valence-electron chi connectivity index (χ1n) is 6.49. The Kier molecular flexibility index (Phi) is 4.54. The highest BCUT2D eigenvalue weighted by atomic mass is 16.4. The van der Waals surface area contributed by atoms with Gasteiger partial charge in [-0.1, -0.05) is 20.8 Å². The first-order valence-corrected chi connectivity index (χ1v) is 6.49. The Balaban J connectivity index is 2.78. The second-order valence-electron chi connectivity index (χ2n) is 5.11. The average molecular weight is 241 g/mol. The van der Waals surface area contributed by atoms with Gasteiger partial charge in [0.2, 0.25) is 5.91 Å². The monoisotopic (exact) mass is 241 g/mol. The van der Waals surface area contributed by atoms with Crippen molar-refractivity contribution in [2.75, 3.05) is 13.1 Å². The number of aliphatic carboxylic acids is 1. The molecule has 98 valence electrons. The first-order chi connectivity index (χ1) is 7.96. The summed E-state index contributed by atoms with van der Waals surface area (Å²) in [6.07, 6.45) is 2.87. The van der Waals surface area contributed by atoms with E-state index in [1.807, 2.05) is 20.8 Å². The SMILES string of the molecule is CCC(C)C(=O)N1CCCC(CC)(C(=O)O)C1. The van der Waals surface area contributed by atoms with Crippen molar-refractivity contribution in [3.05, 3.63) is 0 Å². The number of carbonyl (C=O) groups is 2. The summed E-state index contributed by atoms with van der Waals surface area (Å²) in [6.45, 7) is 6.87. The van der Waals surface area contributed by atoms with Gasteiger partial charge in [-0.25, -0.2) is 0 Å². The maximum Gasteiger partial charge on any atom is 0.311 e. The predicted octanol–water partition coefficient (Wildman–Crippen LogP) is 2.14. The number of likely N-dealkylation sites (tertiary alicyclic amines) is 1. The summed E-state index contributed by atoms with van der Waals surface area (Å²) >= 11 is 0. The summed E-state index contributed by atoms with van der Waals surface area (Å²) < 4.78 is 0. The fourth-order valence-corrected chi connectivity index (χ4v) is 2.42. The van der Waals surface area contributed by atoms with E-state index in [0.717, 1.165) is 12.8 Å². The molecular formula is C13H23NO3. The van der Waals surface area contributed by atoms with E-state index in [4.69, 9.17) is 0 Å². The molecule has 0 aromatic rings. The molecule has 0 aliphatic carbocycles. The van der Waals surface area contributed by atoms with Crippen molar-refractivity contribution in [2.24, 2.45) is 11.3 Å². The molecule has 0 aromatic heterocycles. The number of hydrogen-bond donors (Lipinski definition) is 1. The molecule has 0 saturated carbocycles. The lowest BCUT2D eigenvalue weighted by atomic mass is 9.77. The van der Waals surface area contributed by atoms with Crippen LogP contribution in [-0.2, 0) is 9.59 Å². The van der Waals surface area contributed by atoms with Gasteiger partial charge in [-0.2, -0.15) is 0 Å². The second-order valence-corrected chi connectivity index (χ2v) is 5.11. The molecule has 0 bridgehead atoms. The summed E-state index contributed by atoms with van der Waals surface area (Å²) in [5.41, 5.74) is -0.721. The summed E-state index contributed by atoms with van der Waals surface area (Å²) in [7, 11) is 0. The maximum atomic E-state index is 12.1. The minimum absolute atomic E-state index is 0.00329. The molecule has 1 aliphatic heterocycles. The molecule has 4 nitrogen and oxygen atoms in total. The Morgan fingerprint density at radius 1 is 1.41 bits per heavy atom. The Bertz CT molecular complexity index is 303. The van der Waals surface area contributed by atoms with Crippen LogP contribution in [0.15, 0.2) is 0 Å². The minimum atomic E-state index is -0.762. The Labute approximate surface area is 103 Å². The van der Waals surface area contributed by atoms with E-state index >= 15 is 0 Å². The average Bonchev–Trinajstić information content (AvgIpc) is 2.36. The summed E-state index contributed by atoms with van der Waals surface area (Å²) in [6, 6.07) is 0. The number of amides is 1. The molecule has 1 N–H and O–H groups in total. The number of carboxylic acid groups (broad SMARTS) is 1. The van der Waals surface area contributed by atoms with Crippen LogP contribution in [0.25, 0.3) is 0 Å². The molecule has 1 amide bonds. The van der Waals surface area contributed by atoms with Crippen LogP contribution in [0.5, 0.6) is 0 Å². The molecule has 1 heterocycles. The van der Waals surface area contributed by atoms with Crippen molar-refractivity contribution in [1.29, 1.82) is 0 Å². The van der Waals surface area contributed by atoms with Crippen LogP contribution in [0.3, 0.4) is 0 Å². The van der Waals surface area contributed by atoms with Gasteiger partial charge in [-0.3, -0.25) is 9.59 Å². The van der Waals surface area contributed by atoms with Crippen LogP contribution in [0.4, 0.5) is 0 Å². The summed E-state index contributed by atoms with van der Waals surface area (Å²) in [4.78, 5) is 25.2. The van der Waals surface area contributed by atoms with E-state index in [1.165, 1.54) is 0 Å². The lowest BCUT2D eigenvalue weighted by Gasteiger charge is -2.40. The third-order valence-corrected chi connectivity index (χ3v) is 4.05. The zero-order chi connectivity index (χ0) is 13.1. The zero-order valence-corrected chi connectivity index (χ0v) is 11.0. The van der Waals surface area contributed by atoms with E-state index in [9.17, 15) is 14.7 Å². The molecule has 1 aliphatic rings. The molecule has 0 radical (unpaired) electrons. The number of hydrogen-bond acceptors (Lipinski definition) is 2. The first kappa shape index (κ1) is 14.0. The Hall–Kier alpha value is -1.06. The third kappa shape index (κ3) is 2.79. The van der Waals surface area contributed by atoms with E-state index in [-0.39, 0.29) is 11.8 Å². The van der Waals surface area contributed by atoms with Gasteiger partial charge in [0.1, 0.15) is 0 Å². The van der Waals surface area contributed by atoms with Gasteiger partial charge in [0.25, 0.3) is 0 Å². The number of rotatable bonds is 4. The fourth-order valence-electron chi connectivity index (χ4n) is 2.42. The summed E-state index contributed by atoms with van der Waals surface area (Å²) in [5, 5.41) is 9.35. The molecule has 1 rings (SSSR count). The molecular weight excluding hydrogens is 218 g/mol. The molecule has 2 atom stereocenters. The lowest BCUT2D eigenvalue weighted by Crippen LogP contribution is -2.50. The largest absolute Gasteiger partial charge is 0.481 e. The van der Waals surface area contributed by atoms with E-state index in [2.05, 4.69) is 0 Å². The van der Waals surface area contributed by atoms with Crippen LogP contribution in [0.2, 0.25) is 0 Å². The number of nitrogens with zero attached hydrogens (tertiary/aromatic N) is 1. The smallest absolute Gasteiger partial charge is 0.311 e. The van der Waals surface area contributed by atoms with Crippen LogP contribution >= 0.6 is 0 Å². The van der Waals surface area contributed by atoms with E-state index < -0.39 is 11.4 Å². The standard InChI is InChI=1S/C13H23NO3/c1-4-10(3)11(15)14-8-6-7-13(5-2,9-14)12(16)17/h10H,4-9H2,1-3H3,(H,16,17). The van der Waals surface area contributed by atoms with Gasteiger partial charge in [-0.15, -0.1) is 0 Å². The highest BCUT2D eigenvalue weighted by Gasteiger charge is 2.42. The predicted molar refractivity (Wildman–Crippen MR) is 65.6 cm³/mol. The zero-order valence-electron chi connectivity index (χ0n) is 11.0. The van der Waals surface area contributed by atoms with Gasteiger partial charge in [0.15, 0.2) is 0 Å². The van der Waals surface area contributed by atoms with Gasteiger partial charge >= 0.3 is 5.97 Å². The van der Waals surface area contributed by atoms with Crippen molar-refractivity contribution in [1.82, 2.24) is 4.90 Å². The normalized spacial score (nSPS) is 26.6. The Morgan fingerprint density at radius 3 is 2.53 bits per heavy atom. The molecule has 1 saturated heterocycles. The highest BCUT2D eigenvalue weighted by Crippen LogP contribution is 2.34. The third-order valence-electron chi connectivity index (χ3n) is 4.05. The van der Waals surface area contributed by atoms with Crippen molar-refractivity contribution in [2.45, 2.75) is 46.5 Å². The van der Waals surface area contributed by atoms with Gasteiger partial charge in [-0.05, 0) is 25.7 Å². The fraction of sp³-hybridized carbons (Fsp3) is 0.846. The molecule has 1 fully saturated rings. The van der Waals surface area contributed by atoms with Gasteiger partial charge in [0, 0.05) is 19.0 Å². The lowest BCUT2D eigenvalue weighted by molar-refractivity contribution is -0.156. The Morgan fingerprint density at radius 2 is 2.06 bits per heavy atom. The molecule has 17 heavy (non-hydrogen) atoms. The van der Waals surface area contributed by atoms with Crippen molar-refractivity contribution >= 4 is 11.9 Å². The van der Waals surface area contributed by atoms with Crippen molar-refractivity contribution < 1.29 is 14.7 Å². The van der Waals surface area contributed by atoms with Crippen molar-refractivity contribution in [3.8, 4) is 0 Å². The van der Waals surface area contributed by atoms with Crippen LogP contribution in [-0.4, -0.2) is 35.0 Å². The summed E-state index contributed by atoms with van der Waals surface area (Å²) in [5.74, 6) is -0.663. The molecule has 4 heteroatoms. The van der Waals surface area contributed by atoms with Crippen LogP contribution in [0.1, 0.15) is 46.5 Å². The maximum absolute atomic E-state index is 12.1.